The van der Waals surface area contributed by atoms with E-state index in [4.69, 9.17) is 4.74 Å². The van der Waals surface area contributed by atoms with E-state index in [0.29, 0.717) is 26.2 Å². The Bertz CT molecular complexity index is 654. The molecule has 138 valence electrons. The fraction of sp³-hybridized carbons (Fsp3) is 0.529. The van der Waals surface area contributed by atoms with Crippen molar-refractivity contribution in [3.63, 3.8) is 0 Å². The molecule has 0 unspecified atom stereocenters. The molecule has 2 amide bonds. The van der Waals surface area contributed by atoms with Gasteiger partial charge in [-0.2, -0.15) is 0 Å². The molecule has 1 aliphatic heterocycles. The molecule has 1 fully saturated rings. The van der Waals surface area contributed by atoms with Crippen molar-refractivity contribution in [2.24, 2.45) is 0 Å². The Morgan fingerprint density at radius 2 is 1.68 bits per heavy atom. The van der Waals surface area contributed by atoms with Crippen LogP contribution in [0.1, 0.15) is 43.1 Å². The molecule has 1 aromatic rings. The second kappa shape index (κ2) is 7.68. The van der Waals surface area contributed by atoms with E-state index in [0.717, 1.165) is 0 Å². The molecule has 0 aromatic heterocycles. The van der Waals surface area contributed by atoms with Crippen LogP contribution in [0.2, 0.25) is 0 Å². The third-order valence-corrected chi connectivity index (χ3v) is 4.42. The Kier molecular flexibility index (Phi) is 6.03. The van der Waals surface area contributed by atoms with Gasteiger partial charge in [0.15, 0.2) is 0 Å². The number of alkyl halides is 2. The van der Waals surface area contributed by atoms with Crippen molar-refractivity contribution >= 4 is 27.9 Å². The van der Waals surface area contributed by atoms with Gasteiger partial charge in [0, 0.05) is 41.8 Å². The number of halogens is 3. The van der Waals surface area contributed by atoms with E-state index >= 15 is 0 Å². The maximum atomic E-state index is 13.0. The number of carbonyl (C=O) groups excluding carboxylic acids is 2. The van der Waals surface area contributed by atoms with Crippen molar-refractivity contribution in [3.05, 3.63) is 33.8 Å². The van der Waals surface area contributed by atoms with Crippen LogP contribution in [0.3, 0.4) is 0 Å². The predicted octanol–water partition coefficient (Wildman–Crippen LogP) is 4.08. The molecule has 0 aliphatic carbocycles. The zero-order chi connectivity index (χ0) is 18.8. The first kappa shape index (κ1) is 19.6. The average Bonchev–Trinajstić information content (AvgIpc) is 2.53. The number of amides is 2. The molecule has 0 radical (unpaired) electrons. The van der Waals surface area contributed by atoms with Crippen LogP contribution in [0.5, 0.6) is 0 Å². The highest BCUT2D eigenvalue weighted by molar-refractivity contribution is 9.10. The summed E-state index contributed by atoms with van der Waals surface area (Å²) < 4.78 is 31.5. The van der Waals surface area contributed by atoms with E-state index in [-0.39, 0.29) is 21.5 Å². The lowest BCUT2D eigenvalue weighted by molar-refractivity contribution is 0.0141. The highest BCUT2D eigenvalue weighted by Gasteiger charge is 2.28. The molecule has 0 N–H and O–H groups in total. The van der Waals surface area contributed by atoms with Gasteiger partial charge in [-0.15, -0.1) is 0 Å². The van der Waals surface area contributed by atoms with E-state index in [9.17, 15) is 18.4 Å². The van der Waals surface area contributed by atoms with Crippen molar-refractivity contribution in [1.82, 2.24) is 9.80 Å². The lowest BCUT2D eigenvalue weighted by atomic mass is 10.1. The largest absolute Gasteiger partial charge is 0.444 e. The fourth-order valence-electron chi connectivity index (χ4n) is 2.45. The van der Waals surface area contributed by atoms with Crippen molar-refractivity contribution in [3.8, 4) is 0 Å². The van der Waals surface area contributed by atoms with Gasteiger partial charge < -0.3 is 14.5 Å². The molecule has 1 heterocycles. The third-order valence-electron chi connectivity index (χ3n) is 3.70. The normalized spacial score (nSPS) is 15.5. The van der Waals surface area contributed by atoms with Gasteiger partial charge >= 0.3 is 6.09 Å². The first-order chi connectivity index (χ1) is 11.6. The number of rotatable bonds is 2. The van der Waals surface area contributed by atoms with E-state index < -0.39 is 18.1 Å². The third kappa shape index (κ3) is 5.14. The first-order valence-electron chi connectivity index (χ1n) is 7.93. The van der Waals surface area contributed by atoms with E-state index in [2.05, 4.69) is 15.9 Å². The van der Waals surface area contributed by atoms with Gasteiger partial charge in [-0.05, 0) is 39.0 Å². The minimum Gasteiger partial charge on any atom is -0.444 e. The van der Waals surface area contributed by atoms with Gasteiger partial charge in [0.1, 0.15) is 5.60 Å². The second-order valence-electron chi connectivity index (χ2n) is 6.80. The minimum absolute atomic E-state index is 0.210. The summed E-state index contributed by atoms with van der Waals surface area (Å²) in [4.78, 5) is 27.6. The molecule has 0 bridgehead atoms. The Morgan fingerprint density at radius 3 is 2.20 bits per heavy atom. The maximum Gasteiger partial charge on any atom is 0.410 e. The molecule has 1 saturated heterocycles. The molecule has 5 nitrogen and oxygen atoms in total. The van der Waals surface area contributed by atoms with E-state index in [1.165, 1.54) is 18.2 Å². The average molecular weight is 419 g/mol. The van der Waals surface area contributed by atoms with Crippen molar-refractivity contribution < 1.29 is 23.1 Å². The Balaban J connectivity index is 2.00. The number of carbonyl (C=O) groups is 2. The van der Waals surface area contributed by atoms with Gasteiger partial charge in [-0.25, -0.2) is 13.6 Å². The van der Waals surface area contributed by atoms with Crippen LogP contribution in [-0.2, 0) is 4.74 Å². The van der Waals surface area contributed by atoms with Crippen LogP contribution in [-0.4, -0.2) is 53.6 Å². The summed E-state index contributed by atoms with van der Waals surface area (Å²) in [7, 11) is 0. The van der Waals surface area contributed by atoms with Crippen LogP contribution in [0.25, 0.3) is 0 Å². The van der Waals surface area contributed by atoms with E-state index in [1.807, 2.05) is 0 Å². The van der Waals surface area contributed by atoms with Crippen LogP contribution in [0.4, 0.5) is 13.6 Å². The minimum atomic E-state index is -2.66. The summed E-state index contributed by atoms with van der Waals surface area (Å²) in [6, 6.07) is 4.17. The topological polar surface area (TPSA) is 49.9 Å². The monoisotopic (exact) mass is 418 g/mol. The number of ether oxygens (including phenoxy) is 1. The second-order valence-corrected chi connectivity index (χ2v) is 7.65. The van der Waals surface area contributed by atoms with Gasteiger partial charge in [-0.3, -0.25) is 4.79 Å². The lowest BCUT2D eigenvalue weighted by Crippen LogP contribution is -2.51. The molecule has 0 atom stereocenters. The Morgan fingerprint density at radius 1 is 1.12 bits per heavy atom. The maximum absolute atomic E-state index is 13.0. The van der Waals surface area contributed by atoms with Crippen LogP contribution >= 0.6 is 15.9 Å². The molecular weight excluding hydrogens is 398 g/mol. The van der Waals surface area contributed by atoms with Crippen molar-refractivity contribution in [1.29, 1.82) is 0 Å². The summed E-state index contributed by atoms with van der Waals surface area (Å²) in [5, 5.41) is 0. The lowest BCUT2D eigenvalue weighted by Gasteiger charge is -2.35. The van der Waals surface area contributed by atoms with Gasteiger partial charge in [-0.1, -0.05) is 15.9 Å². The molecule has 8 heteroatoms. The summed E-state index contributed by atoms with van der Waals surface area (Å²) >= 11 is 3.06. The molecule has 1 aromatic carbocycles. The highest BCUT2D eigenvalue weighted by Crippen LogP contribution is 2.28. The summed E-state index contributed by atoms with van der Waals surface area (Å²) in [5.74, 6) is -0.321. The number of piperazine rings is 1. The van der Waals surface area contributed by atoms with Crippen LogP contribution < -0.4 is 0 Å². The quantitative estimate of drug-likeness (QED) is 0.726. The first-order valence-corrected chi connectivity index (χ1v) is 8.72. The smallest absolute Gasteiger partial charge is 0.410 e. The SMILES string of the molecule is CC(C)(C)OC(=O)N1CCN(C(=O)c2ccc(Br)c(C(F)F)c2)CC1. The number of nitrogens with zero attached hydrogens (tertiary/aromatic N) is 2. The molecule has 1 aliphatic rings. The fourth-order valence-corrected chi connectivity index (χ4v) is 2.86. The predicted molar refractivity (Wildman–Crippen MR) is 92.8 cm³/mol. The van der Waals surface area contributed by atoms with Crippen molar-refractivity contribution in [2.75, 3.05) is 26.2 Å². The van der Waals surface area contributed by atoms with Crippen molar-refractivity contribution in [2.45, 2.75) is 32.8 Å². The summed E-state index contributed by atoms with van der Waals surface area (Å²) in [6.07, 6.45) is -3.07. The molecule has 25 heavy (non-hydrogen) atoms. The number of benzene rings is 1. The number of hydrogen-bond donors (Lipinski definition) is 0. The Labute approximate surface area is 154 Å². The van der Waals surface area contributed by atoms with Crippen LogP contribution in [0.15, 0.2) is 22.7 Å². The van der Waals surface area contributed by atoms with Gasteiger partial charge in [0.25, 0.3) is 12.3 Å². The standard InChI is InChI=1S/C17H21BrF2N2O3/c1-17(2,3)25-16(24)22-8-6-21(7-9-22)15(23)11-4-5-13(18)12(10-11)14(19)20/h4-5,10,14H,6-9H2,1-3H3. The zero-order valence-electron chi connectivity index (χ0n) is 14.4. The number of hydrogen-bond acceptors (Lipinski definition) is 3. The van der Waals surface area contributed by atoms with Gasteiger partial charge in [0.2, 0.25) is 0 Å². The summed E-state index contributed by atoms with van der Waals surface area (Å²) in [6.45, 7) is 6.73. The Hall–Kier alpha value is -1.70. The molecular formula is C17H21BrF2N2O3. The highest BCUT2D eigenvalue weighted by atomic mass is 79.9. The zero-order valence-corrected chi connectivity index (χ0v) is 16.0. The molecule has 2 rings (SSSR count). The van der Waals surface area contributed by atoms with Gasteiger partial charge in [0.05, 0.1) is 0 Å². The summed E-state index contributed by atoms with van der Waals surface area (Å²) in [5.41, 5.74) is -0.574. The van der Waals surface area contributed by atoms with Crippen LogP contribution in [0, 0.1) is 0 Å². The molecule has 0 spiro atoms. The molecule has 0 saturated carbocycles. The van der Waals surface area contributed by atoms with E-state index in [1.54, 1.807) is 30.6 Å².